The van der Waals surface area contributed by atoms with Crippen molar-refractivity contribution < 1.29 is 19.4 Å². The average molecular weight is 320 g/mol. The first-order chi connectivity index (χ1) is 8.08. The zero-order valence-corrected chi connectivity index (χ0v) is 11.2. The molecule has 1 atom stereocenters. The van der Waals surface area contributed by atoms with Crippen molar-refractivity contribution in [1.29, 1.82) is 0 Å². The van der Waals surface area contributed by atoms with E-state index in [1.54, 1.807) is 6.07 Å². The van der Waals surface area contributed by atoms with Gasteiger partial charge < -0.3 is 14.7 Å². The predicted molar refractivity (Wildman–Crippen MR) is 65.3 cm³/mol. The quantitative estimate of drug-likeness (QED) is 0.895. The fourth-order valence-corrected chi connectivity index (χ4v) is 2.96. The lowest BCUT2D eigenvalue weighted by atomic mass is 10.2. The Hall–Kier alpha value is -0.920. The number of amides is 1. The van der Waals surface area contributed by atoms with Crippen LogP contribution in [0.15, 0.2) is 15.9 Å². The third-order valence-electron chi connectivity index (χ3n) is 2.41. The summed E-state index contributed by atoms with van der Waals surface area (Å²) >= 11 is 4.62. The van der Waals surface area contributed by atoms with Gasteiger partial charge in [-0.3, -0.25) is 4.79 Å². The van der Waals surface area contributed by atoms with E-state index in [0.717, 1.165) is 4.47 Å². The summed E-state index contributed by atoms with van der Waals surface area (Å²) < 4.78 is 5.92. The Morgan fingerprint density at radius 3 is 2.94 bits per heavy atom. The lowest BCUT2D eigenvalue weighted by molar-refractivity contribution is -0.154. The number of rotatable bonds is 2. The van der Waals surface area contributed by atoms with E-state index in [4.69, 9.17) is 9.84 Å². The molecule has 17 heavy (non-hydrogen) atoms. The van der Waals surface area contributed by atoms with Crippen LogP contribution >= 0.6 is 27.3 Å². The molecule has 7 heteroatoms. The molecular weight excluding hydrogens is 310 g/mol. The highest BCUT2D eigenvalue weighted by Gasteiger charge is 2.29. The monoisotopic (exact) mass is 319 g/mol. The molecule has 92 valence electrons. The number of thiophene rings is 1. The largest absolute Gasteiger partial charge is 0.479 e. The molecule has 0 bridgehead atoms. The first kappa shape index (κ1) is 12.5. The number of hydrogen-bond acceptors (Lipinski definition) is 4. The number of hydrogen-bond donors (Lipinski definition) is 1. The number of aliphatic carboxylic acids is 1. The van der Waals surface area contributed by atoms with Gasteiger partial charge in [-0.15, -0.1) is 11.3 Å². The number of carbonyl (C=O) groups excluding carboxylic acids is 1. The van der Waals surface area contributed by atoms with E-state index in [-0.39, 0.29) is 19.1 Å². The molecule has 1 fully saturated rings. The van der Waals surface area contributed by atoms with Crippen molar-refractivity contribution in [3.8, 4) is 0 Å². The minimum absolute atomic E-state index is 0.101. The smallest absolute Gasteiger partial charge is 0.334 e. The fraction of sp³-hybridized carbons (Fsp3) is 0.400. The number of carboxylic acid groups (broad SMARTS) is 1. The Morgan fingerprint density at radius 2 is 2.35 bits per heavy atom. The van der Waals surface area contributed by atoms with Crippen LogP contribution < -0.4 is 0 Å². The van der Waals surface area contributed by atoms with Crippen LogP contribution in [0.5, 0.6) is 0 Å². The van der Waals surface area contributed by atoms with Crippen molar-refractivity contribution >= 4 is 39.1 Å². The second kappa shape index (κ2) is 5.16. The molecule has 0 spiro atoms. The van der Waals surface area contributed by atoms with Gasteiger partial charge in [-0.05, 0) is 22.0 Å². The Kier molecular flexibility index (Phi) is 3.80. The van der Waals surface area contributed by atoms with Gasteiger partial charge in [0.1, 0.15) is 0 Å². The van der Waals surface area contributed by atoms with Crippen LogP contribution in [0, 0.1) is 0 Å². The summed E-state index contributed by atoms with van der Waals surface area (Å²) in [5.74, 6) is -1.18. The van der Waals surface area contributed by atoms with Crippen LogP contribution in [-0.2, 0) is 9.53 Å². The second-order valence-corrected chi connectivity index (χ2v) is 5.40. The standard InChI is InChI=1S/C10H10BrNO4S/c11-6-3-8(17-5-6)9(13)12-1-2-16-7(4-12)10(14)15/h3,5,7H,1-2,4H2,(H,14,15)/t7-/m1/s1. The Balaban J connectivity index is 2.07. The summed E-state index contributed by atoms with van der Waals surface area (Å²) in [4.78, 5) is 25.0. The predicted octanol–water partition coefficient (Wildman–Crippen LogP) is 1.44. The molecule has 1 saturated heterocycles. The van der Waals surface area contributed by atoms with Gasteiger partial charge in [0.25, 0.3) is 5.91 Å². The summed E-state index contributed by atoms with van der Waals surface area (Å²) in [6, 6.07) is 1.73. The molecule has 0 aromatic carbocycles. The minimum Gasteiger partial charge on any atom is -0.479 e. The van der Waals surface area contributed by atoms with E-state index in [1.807, 2.05) is 5.38 Å². The number of carboxylic acids is 1. The van der Waals surface area contributed by atoms with Gasteiger partial charge in [0.2, 0.25) is 0 Å². The molecule has 0 aliphatic carbocycles. The summed E-state index contributed by atoms with van der Waals surface area (Å²) in [7, 11) is 0. The van der Waals surface area contributed by atoms with E-state index >= 15 is 0 Å². The van der Waals surface area contributed by atoms with E-state index in [2.05, 4.69) is 15.9 Å². The molecule has 0 saturated carbocycles. The summed E-state index contributed by atoms with van der Waals surface area (Å²) in [6.07, 6.45) is -0.920. The highest BCUT2D eigenvalue weighted by atomic mass is 79.9. The molecule has 1 amide bonds. The first-order valence-corrected chi connectivity index (χ1v) is 6.63. The third-order valence-corrected chi connectivity index (χ3v) is 4.09. The third kappa shape index (κ3) is 2.85. The van der Waals surface area contributed by atoms with Crippen LogP contribution in [-0.4, -0.2) is 47.7 Å². The van der Waals surface area contributed by atoms with Crippen LogP contribution in [0.4, 0.5) is 0 Å². The summed E-state index contributed by atoms with van der Waals surface area (Å²) in [6.45, 7) is 0.789. The second-order valence-electron chi connectivity index (χ2n) is 3.58. The fourth-order valence-electron chi connectivity index (χ4n) is 1.56. The number of ether oxygens (including phenoxy) is 1. The molecule has 1 aromatic heterocycles. The van der Waals surface area contributed by atoms with Gasteiger partial charge in [0.05, 0.1) is 18.0 Å². The van der Waals surface area contributed by atoms with Gasteiger partial charge in [0, 0.05) is 16.4 Å². The maximum Gasteiger partial charge on any atom is 0.334 e. The van der Waals surface area contributed by atoms with Crippen molar-refractivity contribution in [1.82, 2.24) is 4.90 Å². The Bertz CT molecular complexity index is 447. The molecule has 0 radical (unpaired) electrons. The minimum atomic E-state index is -1.03. The number of halogens is 1. The summed E-state index contributed by atoms with van der Waals surface area (Å²) in [5.41, 5.74) is 0. The van der Waals surface area contributed by atoms with Crippen LogP contribution in [0.25, 0.3) is 0 Å². The number of carbonyl (C=O) groups is 2. The molecular formula is C10H10BrNO4S. The molecule has 1 N–H and O–H groups in total. The van der Waals surface area contributed by atoms with E-state index in [1.165, 1.54) is 16.2 Å². The van der Waals surface area contributed by atoms with Crippen molar-refractivity contribution in [2.45, 2.75) is 6.10 Å². The van der Waals surface area contributed by atoms with Crippen molar-refractivity contribution in [3.63, 3.8) is 0 Å². The topological polar surface area (TPSA) is 66.8 Å². The first-order valence-electron chi connectivity index (χ1n) is 4.95. The molecule has 5 nitrogen and oxygen atoms in total. The maximum atomic E-state index is 12.0. The number of nitrogens with zero attached hydrogens (tertiary/aromatic N) is 1. The van der Waals surface area contributed by atoms with Crippen molar-refractivity contribution in [2.75, 3.05) is 19.7 Å². The molecule has 2 heterocycles. The van der Waals surface area contributed by atoms with Gasteiger partial charge in [0.15, 0.2) is 6.10 Å². The van der Waals surface area contributed by atoms with Gasteiger partial charge in [-0.25, -0.2) is 4.79 Å². The van der Waals surface area contributed by atoms with E-state index in [0.29, 0.717) is 11.4 Å². The molecule has 0 unspecified atom stereocenters. The Morgan fingerprint density at radius 1 is 1.59 bits per heavy atom. The zero-order chi connectivity index (χ0) is 12.4. The highest BCUT2D eigenvalue weighted by molar-refractivity contribution is 9.10. The van der Waals surface area contributed by atoms with Crippen LogP contribution in [0.2, 0.25) is 0 Å². The molecule has 2 rings (SSSR count). The molecule has 1 aliphatic rings. The molecule has 1 aromatic rings. The normalized spacial score (nSPS) is 20.3. The van der Waals surface area contributed by atoms with Gasteiger partial charge in [-0.2, -0.15) is 0 Å². The lowest BCUT2D eigenvalue weighted by Crippen LogP contribution is -2.48. The Labute approximate surface area is 110 Å². The zero-order valence-electron chi connectivity index (χ0n) is 8.76. The van der Waals surface area contributed by atoms with Gasteiger partial charge in [-0.1, -0.05) is 0 Å². The van der Waals surface area contributed by atoms with E-state index in [9.17, 15) is 9.59 Å². The van der Waals surface area contributed by atoms with Crippen LogP contribution in [0.1, 0.15) is 9.67 Å². The van der Waals surface area contributed by atoms with E-state index < -0.39 is 12.1 Å². The van der Waals surface area contributed by atoms with Gasteiger partial charge >= 0.3 is 5.97 Å². The average Bonchev–Trinajstić information content (AvgIpc) is 2.75. The maximum absolute atomic E-state index is 12.0. The highest BCUT2D eigenvalue weighted by Crippen LogP contribution is 2.22. The molecule has 1 aliphatic heterocycles. The van der Waals surface area contributed by atoms with Crippen molar-refractivity contribution in [2.24, 2.45) is 0 Å². The summed E-state index contributed by atoms with van der Waals surface area (Å²) in [5, 5.41) is 10.7. The van der Waals surface area contributed by atoms with Crippen molar-refractivity contribution in [3.05, 3.63) is 20.8 Å². The number of morpholine rings is 1. The SMILES string of the molecule is O=C(O)[C@H]1CN(C(=O)c2cc(Br)cs2)CCO1. The van der Waals surface area contributed by atoms with Crippen LogP contribution in [0.3, 0.4) is 0 Å². The lowest BCUT2D eigenvalue weighted by Gasteiger charge is -2.30.